The Morgan fingerprint density at radius 3 is 2.32 bits per heavy atom. The average molecular weight is 279 g/mol. The molecule has 0 aliphatic heterocycles. The molecule has 102 valence electrons. The lowest BCUT2D eigenvalue weighted by molar-refractivity contribution is -0.141. The van der Waals surface area contributed by atoms with Crippen LogP contribution in [0.2, 0.25) is 0 Å². The van der Waals surface area contributed by atoms with Crippen molar-refractivity contribution in [2.45, 2.75) is 36.7 Å². The van der Waals surface area contributed by atoms with E-state index in [4.69, 9.17) is 5.11 Å². The molecule has 1 atom stereocenters. The fourth-order valence-corrected chi connectivity index (χ4v) is 2.42. The monoisotopic (exact) mass is 279 g/mol. The van der Waals surface area contributed by atoms with Gasteiger partial charge in [-0.2, -0.15) is 0 Å². The fourth-order valence-electron chi connectivity index (χ4n) is 2.01. The van der Waals surface area contributed by atoms with Crippen LogP contribution in [0, 0.1) is 0 Å². The second-order valence-corrected chi connectivity index (χ2v) is 5.57. The smallest absolute Gasteiger partial charge is 0.326 e. The minimum Gasteiger partial charge on any atom is -0.480 e. The number of amides is 1. The van der Waals surface area contributed by atoms with Gasteiger partial charge in [0.05, 0.1) is 0 Å². The number of rotatable bonds is 5. The summed E-state index contributed by atoms with van der Waals surface area (Å²) >= 11 is 1.61. The van der Waals surface area contributed by atoms with Gasteiger partial charge in [0.15, 0.2) is 0 Å². The van der Waals surface area contributed by atoms with Gasteiger partial charge in [-0.25, -0.2) is 4.79 Å². The Labute approximate surface area is 116 Å². The first-order valence-electron chi connectivity index (χ1n) is 6.24. The van der Waals surface area contributed by atoms with Gasteiger partial charge in [0.25, 0.3) is 5.91 Å². The highest BCUT2D eigenvalue weighted by molar-refractivity contribution is 7.98. The van der Waals surface area contributed by atoms with E-state index in [1.165, 1.54) is 4.90 Å². The molecular formula is C14H17NO3S. The minimum absolute atomic E-state index is 0.0822. The molecule has 2 rings (SSSR count). The van der Waals surface area contributed by atoms with Gasteiger partial charge >= 0.3 is 5.97 Å². The predicted molar refractivity (Wildman–Crippen MR) is 74.5 cm³/mol. The van der Waals surface area contributed by atoms with Crippen molar-refractivity contribution in [3.05, 3.63) is 29.8 Å². The number of hydrogen-bond donors (Lipinski definition) is 1. The van der Waals surface area contributed by atoms with Crippen LogP contribution in [0.4, 0.5) is 0 Å². The Morgan fingerprint density at radius 2 is 1.89 bits per heavy atom. The molecule has 0 saturated heterocycles. The SMILES string of the molecule is CSc1ccc(C(=O)N(C2CC2)C(C)C(=O)O)cc1. The average Bonchev–Trinajstić information content (AvgIpc) is 3.23. The third-order valence-corrected chi connectivity index (χ3v) is 4.03. The van der Waals surface area contributed by atoms with Crippen molar-refractivity contribution in [2.75, 3.05) is 6.26 Å². The minimum atomic E-state index is -0.957. The summed E-state index contributed by atoms with van der Waals surface area (Å²) in [6, 6.07) is 6.60. The number of benzene rings is 1. The van der Waals surface area contributed by atoms with E-state index in [1.807, 2.05) is 18.4 Å². The van der Waals surface area contributed by atoms with Crippen LogP contribution in [0.5, 0.6) is 0 Å². The van der Waals surface area contributed by atoms with Crippen molar-refractivity contribution in [1.82, 2.24) is 4.90 Å². The summed E-state index contributed by atoms with van der Waals surface area (Å²) in [6.45, 7) is 1.56. The van der Waals surface area contributed by atoms with Gasteiger partial charge in [0.1, 0.15) is 6.04 Å². The van der Waals surface area contributed by atoms with E-state index in [2.05, 4.69) is 0 Å². The van der Waals surface area contributed by atoms with Crippen LogP contribution in [0.3, 0.4) is 0 Å². The Balaban J connectivity index is 2.21. The van der Waals surface area contributed by atoms with E-state index in [-0.39, 0.29) is 11.9 Å². The summed E-state index contributed by atoms with van der Waals surface area (Å²) in [4.78, 5) is 26.1. The Kier molecular flexibility index (Phi) is 4.14. The van der Waals surface area contributed by atoms with E-state index in [9.17, 15) is 9.59 Å². The number of hydrogen-bond acceptors (Lipinski definition) is 3. The van der Waals surface area contributed by atoms with Gasteiger partial charge in [-0.05, 0) is 50.3 Å². The first-order valence-corrected chi connectivity index (χ1v) is 7.46. The Hall–Kier alpha value is -1.49. The van der Waals surface area contributed by atoms with Crippen LogP contribution < -0.4 is 0 Å². The summed E-state index contributed by atoms with van der Waals surface area (Å²) in [5.74, 6) is -1.15. The van der Waals surface area contributed by atoms with Crippen molar-refractivity contribution in [3.8, 4) is 0 Å². The zero-order valence-corrected chi connectivity index (χ0v) is 11.8. The molecule has 1 N–H and O–H groups in total. The Bertz CT molecular complexity index is 482. The maximum atomic E-state index is 12.4. The molecule has 0 heterocycles. The number of aliphatic carboxylic acids is 1. The zero-order valence-electron chi connectivity index (χ0n) is 11.0. The molecule has 1 aromatic rings. The second kappa shape index (κ2) is 5.65. The molecule has 0 radical (unpaired) electrons. The quantitative estimate of drug-likeness (QED) is 0.841. The zero-order chi connectivity index (χ0) is 14.0. The number of nitrogens with zero attached hydrogens (tertiary/aromatic N) is 1. The molecule has 1 aromatic carbocycles. The van der Waals surface area contributed by atoms with Crippen molar-refractivity contribution in [1.29, 1.82) is 0 Å². The first-order chi connectivity index (χ1) is 9.04. The van der Waals surface area contributed by atoms with Crippen LogP contribution in [0.15, 0.2) is 29.2 Å². The van der Waals surface area contributed by atoms with Crippen molar-refractivity contribution in [3.63, 3.8) is 0 Å². The van der Waals surface area contributed by atoms with E-state index in [1.54, 1.807) is 30.8 Å². The summed E-state index contributed by atoms with van der Waals surface area (Å²) in [5.41, 5.74) is 0.554. The number of carbonyl (C=O) groups excluding carboxylic acids is 1. The highest BCUT2D eigenvalue weighted by atomic mass is 32.2. The van der Waals surface area contributed by atoms with Crippen molar-refractivity contribution in [2.24, 2.45) is 0 Å². The summed E-state index contributed by atoms with van der Waals surface area (Å²) < 4.78 is 0. The molecule has 1 aliphatic rings. The molecular weight excluding hydrogens is 262 g/mol. The van der Waals surface area contributed by atoms with Gasteiger partial charge in [-0.15, -0.1) is 11.8 Å². The predicted octanol–water partition coefficient (Wildman–Crippen LogP) is 2.49. The van der Waals surface area contributed by atoms with E-state index in [0.29, 0.717) is 5.56 Å². The maximum Gasteiger partial charge on any atom is 0.326 e. The lowest BCUT2D eigenvalue weighted by Crippen LogP contribution is -2.44. The molecule has 1 saturated carbocycles. The Morgan fingerprint density at radius 1 is 1.32 bits per heavy atom. The van der Waals surface area contributed by atoms with Crippen LogP contribution in [-0.4, -0.2) is 40.2 Å². The van der Waals surface area contributed by atoms with E-state index in [0.717, 1.165) is 17.7 Å². The molecule has 1 fully saturated rings. The van der Waals surface area contributed by atoms with Gasteiger partial charge in [-0.1, -0.05) is 0 Å². The molecule has 0 spiro atoms. The van der Waals surface area contributed by atoms with E-state index < -0.39 is 12.0 Å². The molecule has 1 amide bonds. The number of thioether (sulfide) groups is 1. The molecule has 19 heavy (non-hydrogen) atoms. The normalized spacial score (nSPS) is 15.9. The summed E-state index contributed by atoms with van der Waals surface area (Å²) in [5, 5.41) is 9.11. The van der Waals surface area contributed by atoms with Gasteiger partial charge < -0.3 is 10.0 Å². The molecule has 4 nitrogen and oxygen atoms in total. The van der Waals surface area contributed by atoms with Crippen molar-refractivity contribution >= 4 is 23.6 Å². The fraction of sp³-hybridized carbons (Fsp3) is 0.429. The molecule has 1 aliphatic carbocycles. The highest BCUT2D eigenvalue weighted by Gasteiger charge is 2.38. The molecule has 0 aromatic heterocycles. The number of carboxylic acids is 1. The van der Waals surface area contributed by atoms with Gasteiger partial charge in [-0.3, -0.25) is 4.79 Å². The van der Waals surface area contributed by atoms with Gasteiger partial charge in [0, 0.05) is 16.5 Å². The maximum absolute atomic E-state index is 12.4. The molecule has 0 bridgehead atoms. The molecule has 5 heteroatoms. The van der Waals surface area contributed by atoms with Crippen LogP contribution in [0.1, 0.15) is 30.1 Å². The second-order valence-electron chi connectivity index (χ2n) is 4.69. The third kappa shape index (κ3) is 3.10. The molecule has 1 unspecified atom stereocenters. The lowest BCUT2D eigenvalue weighted by atomic mass is 10.1. The standard InChI is InChI=1S/C14H17NO3S/c1-9(14(17)18)15(11-5-6-11)13(16)10-3-7-12(19-2)8-4-10/h3-4,7-9,11H,5-6H2,1-2H3,(H,17,18). The van der Waals surface area contributed by atoms with E-state index >= 15 is 0 Å². The lowest BCUT2D eigenvalue weighted by Gasteiger charge is -2.26. The summed E-state index contributed by atoms with van der Waals surface area (Å²) in [7, 11) is 0. The number of carboxylic acid groups (broad SMARTS) is 1. The van der Waals surface area contributed by atoms with Gasteiger partial charge in [0.2, 0.25) is 0 Å². The topological polar surface area (TPSA) is 57.6 Å². The highest BCUT2D eigenvalue weighted by Crippen LogP contribution is 2.30. The van der Waals surface area contributed by atoms with Crippen molar-refractivity contribution < 1.29 is 14.7 Å². The number of carbonyl (C=O) groups is 2. The third-order valence-electron chi connectivity index (χ3n) is 3.29. The van der Waals surface area contributed by atoms with Crippen LogP contribution >= 0.6 is 11.8 Å². The van der Waals surface area contributed by atoms with Crippen LogP contribution in [-0.2, 0) is 4.79 Å². The van der Waals surface area contributed by atoms with Crippen LogP contribution in [0.25, 0.3) is 0 Å². The summed E-state index contributed by atoms with van der Waals surface area (Å²) in [6.07, 6.45) is 3.76. The first kappa shape index (κ1) is 13.9. The largest absolute Gasteiger partial charge is 0.480 e.